The van der Waals surface area contributed by atoms with Gasteiger partial charge in [-0.05, 0) is 41.7 Å². The van der Waals surface area contributed by atoms with Crippen LogP contribution in [0.2, 0.25) is 0 Å². The zero-order valence-electron chi connectivity index (χ0n) is 22.5. The van der Waals surface area contributed by atoms with Gasteiger partial charge in [0, 0.05) is 30.3 Å². The highest BCUT2D eigenvalue weighted by atomic mass is 16.3. The number of aromatic nitrogens is 1. The topological polar surface area (TPSA) is 120 Å². The maximum atomic E-state index is 12.7. The van der Waals surface area contributed by atoms with Gasteiger partial charge in [-0.2, -0.15) is 0 Å². The third-order valence-electron chi connectivity index (χ3n) is 7.20. The molecule has 4 atom stereocenters. The summed E-state index contributed by atoms with van der Waals surface area (Å²) in [6, 6.07) is 21.6. The fraction of sp³-hybridized carbons (Fsp3) is 0.312. The van der Waals surface area contributed by atoms with Crippen molar-refractivity contribution in [3.8, 4) is 0 Å². The number of benzene rings is 2. The first-order valence-corrected chi connectivity index (χ1v) is 13.4. The number of allylic oxidation sites excluding steroid dienone is 2. The first-order chi connectivity index (χ1) is 18.7. The Kier molecular flexibility index (Phi) is 9.30. The fourth-order valence-electron chi connectivity index (χ4n) is 4.72. The second-order valence-electron chi connectivity index (χ2n) is 10.4. The number of aliphatic hydroxyl groups is 2. The lowest BCUT2D eigenvalue weighted by Crippen LogP contribution is -2.46. The number of hydrogen-bond acceptors (Lipinski definition) is 6. The summed E-state index contributed by atoms with van der Waals surface area (Å²) in [5.41, 5.74) is 9.38. The molecule has 1 aliphatic carbocycles. The standard InChI is InChI=1S/C32H38N4O3/c1-22-15-27(26-9-4-3-5-10-26)13-14-32(22,39)21-36-31(38)18-25-8-6-7-24(17-25)16-23(2)34-20-29(37)28-11-12-30(33)35-19-28/h3-15,17,19,22-23,29,34,37,39H,16,18,20-21H2,1-2H3,(H2,33,35)(H,36,38)/t22?,23-,29+,32?/m1/s1. The number of aliphatic hydroxyl groups excluding tert-OH is 1. The minimum atomic E-state index is -1.14. The molecule has 204 valence electrons. The number of pyridine rings is 1. The van der Waals surface area contributed by atoms with Crippen molar-refractivity contribution in [3.05, 3.63) is 113 Å². The lowest BCUT2D eigenvalue weighted by atomic mass is 9.81. The van der Waals surface area contributed by atoms with E-state index in [0.717, 1.165) is 28.7 Å². The molecule has 2 aromatic carbocycles. The number of carbonyl (C=O) groups excluding carboxylic acids is 1. The molecule has 0 bridgehead atoms. The maximum absolute atomic E-state index is 12.7. The molecule has 7 nitrogen and oxygen atoms in total. The van der Waals surface area contributed by atoms with Crippen molar-refractivity contribution in [2.45, 2.75) is 44.4 Å². The summed E-state index contributed by atoms with van der Waals surface area (Å²) in [5, 5.41) is 27.8. The van der Waals surface area contributed by atoms with Gasteiger partial charge in [0.1, 0.15) is 11.4 Å². The Balaban J connectivity index is 1.25. The van der Waals surface area contributed by atoms with Gasteiger partial charge in [-0.25, -0.2) is 4.98 Å². The normalized spacial score (nSPS) is 20.2. The summed E-state index contributed by atoms with van der Waals surface area (Å²) in [6.45, 7) is 4.56. The summed E-state index contributed by atoms with van der Waals surface area (Å²) >= 11 is 0. The van der Waals surface area contributed by atoms with Crippen LogP contribution in [0.4, 0.5) is 5.82 Å². The number of anilines is 1. The average molecular weight is 527 g/mol. The highest BCUT2D eigenvalue weighted by molar-refractivity contribution is 5.79. The Labute approximate surface area is 230 Å². The zero-order chi connectivity index (χ0) is 27.8. The Morgan fingerprint density at radius 1 is 1.10 bits per heavy atom. The Morgan fingerprint density at radius 3 is 2.59 bits per heavy atom. The van der Waals surface area contributed by atoms with Crippen molar-refractivity contribution < 1.29 is 15.0 Å². The molecule has 0 radical (unpaired) electrons. The van der Waals surface area contributed by atoms with Crippen LogP contribution < -0.4 is 16.4 Å². The monoisotopic (exact) mass is 526 g/mol. The number of nitrogen functional groups attached to an aromatic ring is 1. The molecule has 1 aromatic heterocycles. The Hall–Kier alpha value is -3.78. The summed E-state index contributed by atoms with van der Waals surface area (Å²) in [7, 11) is 0. The highest BCUT2D eigenvalue weighted by Gasteiger charge is 2.32. The van der Waals surface area contributed by atoms with Crippen molar-refractivity contribution in [3.63, 3.8) is 0 Å². The van der Waals surface area contributed by atoms with Crippen molar-refractivity contribution in [1.29, 1.82) is 0 Å². The molecule has 7 heteroatoms. The number of amides is 1. The second kappa shape index (κ2) is 12.8. The molecule has 1 heterocycles. The molecule has 2 unspecified atom stereocenters. The van der Waals surface area contributed by atoms with Crippen LogP contribution in [0, 0.1) is 5.92 Å². The van der Waals surface area contributed by atoms with Crippen LogP contribution in [0.25, 0.3) is 5.57 Å². The van der Waals surface area contributed by atoms with Crippen molar-refractivity contribution in [2.75, 3.05) is 18.8 Å². The lowest BCUT2D eigenvalue weighted by Gasteiger charge is -2.33. The molecule has 6 N–H and O–H groups in total. The van der Waals surface area contributed by atoms with Crippen molar-refractivity contribution >= 4 is 17.3 Å². The fourth-order valence-corrected chi connectivity index (χ4v) is 4.72. The molecule has 0 saturated heterocycles. The van der Waals surface area contributed by atoms with E-state index in [-0.39, 0.29) is 30.8 Å². The molecule has 3 aromatic rings. The SMILES string of the molecule is CC1C=C(c2ccccc2)C=CC1(O)CNC(=O)Cc1cccc(C[C@@H](C)NC[C@H](O)c2ccc(N)nc2)c1. The number of nitrogens with two attached hydrogens (primary N) is 1. The number of rotatable bonds is 11. The van der Waals surface area contributed by atoms with E-state index in [9.17, 15) is 15.0 Å². The molecular formula is C32H38N4O3. The highest BCUT2D eigenvalue weighted by Crippen LogP contribution is 2.31. The number of hydrogen-bond donors (Lipinski definition) is 5. The molecule has 0 saturated carbocycles. The van der Waals surface area contributed by atoms with E-state index in [4.69, 9.17) is 5.73 Å². The van der Waals surface area contributed by atoms with E-state index in [1.807, 2.05) is 73.7 Å². The maximum Gasteiger partial charge on any atom is 0.224 e. The molecule has 0 aliphatic heterocycles. The van der Waals surface area contributed by atoms with Gasteiger partial charge < -0.3 is 26.6 Å². The first-order valence-electron chi connectivity index (χ1n) is 13.4. The molecular weight excluding hydrogens is 488 g/mol. The second-order valence-corrected chi connectivity index (χ2v) is 10.4. The summed E-state index contributed by atoms with van der Waals surface area (Å²) < 4.78 is 0. The van der Waals surface area contributed by atoms with Gasteiger partial charge in [-0.15, -0.1) is 0 Å². The summed E-state index contributed by atoms with van der Waals surface area (Å²) in [6.07, 6.45) is 7.65. The number of carbonyl (C=O) groups is 1. The first kappa shape index (κ1) is 28.2. The minimum absolute atomic E-state index is 0.119. The quantitative estimate of drug-likeness (QED) is 0.260. The molecule has 39 heavy (non-hydrogen) atoms. The van der Waals surface area contributed by atoms with Gasteiger partial charge in [0.25, 0.3) is 0 Å². The van der Waals surface area contributed by atoms with E-state index in [1.165, 1.54) is 0 Å². The van der Waals surface area contributed by atoms with E-state index in [0.29, 0.717) is 17.9 Å². The number of nitrogens with zero attached hydrogens (tertiary/aromatic N) is 1. The van der Waals surface area contributed by atoms with Gasteiger partial charge in [0.2, 0.25) is 5.91 Å². The van der Waals surface area contributed by atoms with Crippen LogP contribution in [0.1, 0.15) is 42.2 Å². The molecule has 0 fully saturated rings. The molecule has 1 amide bonds. The van der Waals surface area contributed by atoms with Crippen LogP contribution in [0.5, 0.6) is 0 Å². The van der Waals surface area contributed by atoms with E-state index >= 15 is 0 Å². The van der Waals surface area contributed by atoms with E-state index in [2.05, 4.69) is 22.5 Å². The van der Waals surface area contributed by atoms with Crippen LogP contribution in [-0.4, -0.2) is 45.8 Å². The predicted octanol–water partition coefficient (Wildman–Crippen LogP) is 3.60. The molecule has 0 spiro atoms. The smallest absolute Gasteiger partial charge is 0.224 e. The zero-order valence-corrected chi connectivity index (χ0v) is 22.5. The van der Waals surface area contributed by atoms with Gasteiger partial charge in [0.05, 0.1) is 19.1 Å². The Morgan fingerprint density at radius 2 is 1.87 bits per heavy atom. The van der Waals surface area contributed by atoms with Gasteiger partial charge in [-0.1, -0.05) is 85.8 Å². The molecule has 4 rings (SSSR count). The largest absolute Gasteiger partial charge is 0.387 e. The van der Waals surface area contributed by atoms with Gasteiger partial charge in [-0.3, -0.25) is 4.79 Å². The average Bonchev–Trinajstić information content (AvgIpc) is 2.93. The third-order valence-corrected chi connectivity index (χ3v) is 7.20. The lowest BCUT2D eigenvalue weighted by molar-refractivity contribution is -0.121. The van der Waals surface area contributed by atoms with E-state index in [1.54, 1.807) is 24.4 Å². The van der Waals surface area contributed by atoms with Crippen LogP contribution in [-0.2, 0) is 17.6 Å². The van der Waals surface area contributed by atoms with E-state index < -0.39 is 11.7 Å². The number of nitrogens with one attached hydrogen (secondary N) is 2. The third kappa shape index (κ3) is 7.86. The van der Waals surface area contributed by atoms with Crippen LogP contribution >= 0.6 is 0 Å². The van der Waals surface area contributed by atoms with Crippen molar-refractivity contribution in [1.82, 2.24) is 15.6 Å². The van der Waals surface area contributed by atoms with Gasteiger partial charge >= 0.3 is 0 Å². The Bertz CT molecular complexity index is 1310. The van der Waals surface area contributed by atoms with Crippen LogP contribution in [0.15, 0.2) is 91.2 Å². The van der Waals surface area contributed by atoms with Crippen LogP contribution in [0.3, 0.4) is 0 Å². The summed E-state index contributed by atoms with van der Waals surface area (Å²) in [5.74, 6) is 0.141. The van der Waals surface area contributed by atoms with Crippen molar-refractivity contribution in [2.24, 2.45) is 5.92 Å². The minimum Gasteiger partial charge on any atom is -0.387 e. The predicted molar refractivity (Wildman–Crippen MR) is 156 cm³/mol. The summed E-state index contributed by atoms with van der Waals surface area (Å²) in [4.78, 5) is 16.8. The molecule has 1 aliphatic rings. The van der Waals surface area contributed by atoms with Gasteiger partial charge in [0.15, 0.2) is 0 Å².